The number of aromatic hydroxyl groups is 1. The highest BCUT2D eigenvalue weighted by Gasteiger charge is 2.22. The number of piperidine rings is 1. The van der Waals surface area contributed by atoms with E-state index in [9.17, 15) is 9.90 Å². The van der Waals surface area contributed by atoms with Crippen LogP contribution >= 0.6 is 0 Å². The molecule has 2 N–H and O–H groups in total. The summed E-state index contributed by atoms with van der Waals surface area (Å²) < 4.78 is 1.71. The van der Waals surface area contributed by atoms with Crippen molar-refractivity contribution in [3.8, 4) is 5.75 Å². The van der Waals surface area contributed by atoms with Gasteiger partial charge in [-0.2, -0.15) is 5.10 Å². The Morgan fingerprint density at radius 3 is 2.79 bits per heavy atom. The van der Waals surface area contributed by atoms with Crippen LogP contribution in [0.4, 0.5) is 0 Å². The zero-order valence-corrected chi connectivity index (χ0v) is 14.3. The SMILES string of the molecule is CCn1c(CC2CCN(Cc3nc(C)ccc3O)CC2)n[nH]c1=O. The predicted molar refractivity (Wildman–Crippen MR) is 90.9 cm³/mol. The standard InChI is InChI=1S/C17H25N5O2/c1-3-22-16(19-20-17(22)24)10-13-6-8-21(9-7-13)11-14-15(23)5-4-12(2)18-14/h4-5,13,23H,3,6-11H2,1-2H3,(H,20,24). The van der Waals surface area contributed by atoms with Crippen LogP contribution in [-0.4, -0.2) is 42.8 Å². The molecule has 7 heteroatoms. The first-order valence-electron chi connectivity index (χ1n) is 8.58. The van der Waals surface area contributed by atoms with Crippen molar-refractivity contribution in [3.63, 3.8) is 0 Å². The Hall–Kier alpha value is -2.15. The number of likely N-dealkylation sites (tertiary alicyclic amines) is 1. The Bertz CT molecular complexity index is 744. The van der Waals surface area contributed by atoms with Crippen LogP contribution in [-0.2, 0) is 19.5 Å². The molecule has 0 atom stereocenters. The lowest BCUT2D eigenvalue weighted by Crippen LogP contribution is -2.34. The topological polar surface area (TPSA) is 87.0 Å². The van der Waals surface area contributed by atoms with Crippen LogP contribution in [0.3, 0.4) is 0 Å². The average molecular weight is 331 g/mol. The molecule has 0 aromatic carbocycles. The molecule has 130 valence electrons. The van der Waals surface area contributed by atoms with E-state index in [4.69, 9.17) is 0 Å². The molecule has 0 radical (unpaired) electrons. The maximum Gasteiger partial charge on any atom is 0.343 e. The van der Waals surface area contributed by atoms with Gasteiger partial charge in [0.1, 0.15) is 11.6 Å². The van der Waals surface area contributed by atoms with E-state index in [2.05, 4.69) is 20.1 Å². The van der Waals surface area contributed by atoms with Crippen molar-refractivity contribution >= 4 is 0 Å². The van der Waals surface area contributed by atoms with Crippen molar-refractivity contribution in [2.45, 2.75) is 46.2 Å². The number of H-pyrrole nitrogens is 1. The van der Waals surface area contributed by atoms with Crippen LogP contribution in [0.5, 0.6) is 5.75 Å². The molecule has 1 aliphatic heterocycles. The molecule has 2 aromatic heterocycles. The van der Waals surface area contributed by atoms with Gasteiger partial charge in [-0.3, -0.25) is 14.5 Å². The zero-order valence-electron chi connectivity index (χ0n) is 14.3. The fourth-order valence-electron chi connectivity index (χ4n) is 3.37. The van der Waals surface area contributed by atoms with E-state index in [1.54, 1.807) is 10.6 Å². The minimum Gasteiger partial charge on any atom is -0.506 e. The van der Waals surface area contributed by atoms with Crippen LogP contribution in [0.1, 0.15) is 37.0 Å². The highest BCUT2D eigenvalue weighted by atomic mass is 16.3. The number of hydrogen-bond acceptors (Lipinski definition) is 5. The quantitative estimate of drug-likeness (QED) is 0.866. The largest absolute Gasteiger partial charge is 0.506 e. The second-order valence-electron chi connectivity index (χ2n) is 6.53. The summed E-state index contributed by atoms with van der Waals surface area (Å²) in [5.41, 5.74) is 1.56. The van der Waals surface area contributed by atoms with E-state index in [1.807, 2.05) is 19.9 Å². The minimum absolute atomic E-state index is 0.120. The summed E-state index contributed by atoms with van der Waals surface area (Å²) >= 11 is 0. The summed E-state index contributed by atoms with van der Waals surface area (Å²) in [6, 6.07) is 3.54. The van der Waals surface area contributed by atoms with Gasteiger partial charge < -0.3 is 5.11 Å². The van der Waals surface area contributed by atoms with Gasteiger partial charge in [0, 0.05) is 25.2 Å². The van der Waals surface area contributed by atoms with E-state index < -0.39 is 0 Å². The summed E-state index contributed by atoms with van der Waals surface area (Å²) in [6.07, 6.45) is 2.98. The van der Waals surface area contributed by atoms with Crippen LogP contribution in [0.15, 0.2) is 16.9 Å². The first-order valence-corrected chi connectivity index (χ1v) is 8.58. The smallest absolute Gasteiger partial charge is 0.343 e. The lowest BCUT2D eigenvalue weighted by atomic mass is 9.93. The highest BCUT2D eigenvalue weighted by molar-refractivity contribution is 5.27. The van der Waals surface area contributed by atoms with Gasteiger partial charge in [0.25, 0.3) is 0 Å². The molecule has 24 heavy (non-hydrogen) atoms. The Balaban J connectivity index is 1.56. The lowest BCUT2D eigenvalue weighted by molar-refractivity contribution is 0.172. The van der Waals surface area contributed by atoms with E-state index >= 15 is 0 Å². The van der Waals surface area contributed by atoms with E-state index in [0.29, 0.717) is 19.0 Å². The number of aromatic amines is 1. The fourth-order valence-corrected chi connectivity index (χ4v) is 3.37. The number of pyridine rings is 1. The van der Waals surface area contributed by atoms with Gasteiger partial charge in [0.2, 0.25) is 0 Å². The molecule has 0 amide bonds. The van der Waals surface area contributed by atoms with Gasteiger partial charge >= 0.3 is 5.69 Å². The van der Waals surface area contributed by atoms with Gasteiger partial charge in [-0.25, -0.2) is 9.89 Å². The number of rotatable bonds is 5. The molecule has 3 heterocycles. The monoisotopic (exact) mass is 331 g/mol. The molecule has 3 rings (SSSR count). The molecule has 0 spiro atoms. The van der Waals surface area contributed by atoms with Gasteiger partial charge in [0.15, 0.2) is 0 Å². The third-order valence-corrected chi connectivity index (χ3v) is 4.79. The van der Waals surface area contributed by atoms with Crippen molar-refractivity contribution < 1.29 is 5.11 Å². The first kappa shape index (κ1) is 16.7. The minimum atomic E-state index is -0.120. The zero-order chi connectivity index (χ0) is 17.1. The summed E-state index contributed by atoms with van der Waals surface area (Å²) in [5, 5.41) is 16.6. The summed E-state index contributed by atoms with van der Waals surface area (Å²) in [5.74, 6) is 1.67. The fraction of sp³-hybridized carbons (Fsp3) is 0.588. The molecule has 0 aliphatic carbocycles. The number of aromatic nitrogens is 4. The third kappa shape index (κ3) is 3.67. The molecule has 7 nitrogen and oxygen atoms in total. The van der Waals surface area contributed by atoms with Crippen LogP contribution in [0.25, 0.3) is 0 Å². The molecule has 1 saturated heterocycles. The predicted octanol–water partition coefficient (Wildman–Crippen LogP) is 1.46. The van der Waals surface area contributed by atoms with Crippen LogP contribution < -0.4 is 5.69 Å². The molecule has 2 aromatic rings. The van der Waals surface area contributed by atoms with Crippen molar-refractivity contribution in [3.05, 3.63) is 39.8 Å². The van der Waals surface area contributed by atoms with Crippen LogP contribution in [0, 0.1) is 12.8 Å². The average Bonchev–Trinajstić information content (AvgIpc) is 2.92. The maximum atomic E-state index is 11.6. The summed E-state index contributed by atoms with van der Waals surface area (Å²) in [7, 11) is 0. The van der Waals surface area contributed by atoms with E-state index in [0.717, 1.165) is 49.6 Å². The molecule has 1 fully saturated rings. The van der Waals surface area contributed by atoms with Gasteiger partial charge in [-0.05, 0) is 57.8 Å². The summed E-state index contributed by atoms with van der Waals surface area (Å²) in [6.45, 7) is 7.18. The number of aryl methyl sites for hydroxylation is 1. The lowest BCUT2D eigenvalue weighted by Gasteiger charge is -2.31. The van der Waals surface area contributed by atoms with Crippen molar-refractivity contribution in [1.82, 2.24) is 24.6 Å². The van der Waals surface area contributed by atoms with Crippen LogP contribution in [0.2, 0.25) is 0 Å². The Labute approximate surface area is 141 Å². The normalized spacial score (nSPS) is 16.6. The highest BCUT2D eigenvalue weighted by Crippen LogP contribution is 2.23. The summed E-state index contributed by atoms with van der Waals surface area (Å²) in [4.78, 5) is 18.4. The molecule has 0 saturated carbocycles. The second-order valence-corrected chi connectivity index (χ2v) is 6.53. The number of nitrogens with one attached hydrogen (secondary N) is 1. The first-order chi connectivity index (χ1) is 11.6. The Morgan fingerprint density at radius 1 is 1.33 bits per heavy atom. The Morgan fingerprint density at radius 2 is 2.08 bits per heavy atom. The molecule has 0 unspecified atom stereocenters. The number of hydrogen-bond donors (Lipinski definition) is 2. The maximum absolute atomic E-state index is 11.6. The number of nitrogens with zero attached hydrogens (tertiary/aromatic N) is 4. The van der Waals surface area contributed by atoms with Gasteiger partial charge in [0.05, 0.1) is 5.69 Å². The Kier molecular flexibility index (Phi) is 4.99. The molecular formula is C17H25N5O2. The van der Waals surface area contributed by atoms with Crippen molar-refractivity contribution in [2.24, 2.45) is 5.92 Å². The molecule has 1 aliphatic rings. The van der Waals surface area contributed by atoms with Gasteiger partial charge in [-0.1, -0.05) is 0 Å². The molecular weight excluding hydrogens is 306 g/mol. The second kappa shape index (κ2) is 7.17. The van der Waals surface area contributed by atoms with Crippen molar-refractivity contribution in [1.29, 1.82) is 0 Å². The van der Waals surface area contributed by atoms with Gasteiger partial charge in [-0.15, -0.1) is 0 Å². The molecule has 0 bridgehead atoms. The van der Waals surface area contributed by atoms with E-state index in [1.165, 1.54) is 0 Å². The van der Waals surface area contributed by atoms with E-state index in [-0.39, 0.29) is 11.4 Å². The van der Waals surface area contributed by atoms with Crippen molar-refractivity contribution in [2.75, 3.05) is 13.1 Å². The third-order valence-electron chi connectivity index (χ3n) is 4.79.